The van der Waals surface area contributed by atoms with Crippen LogP contribution < -0.4 is 10.0 Å². The molecule has 32 heavy (non-hydrogen) atoms. The average Bonchev–Trinajstić information content (AvgIpc) is 3.22. The van der Waals surface area contributed by atoms with Crippen molar-refractivity contribution in [2.45, 2.75) is 24.8 Å². The Bertz CT molecular complexity index is 1420. The van der Waals surface area contributed by atoms with E-state index >= 15 is 0 Å². The summed E-state index contributed by atoms with van der Waals surface area (Å²) in [5.41, 5.74) is 1.93. The molecule has 2 aromatic carbocycles. The monoisotopic (exact) mass is 453 g/mol. The first kappa shape index (κ1) is 21.4. The summed E-state index contributed by atoms with van der Waals surface area (Å²) in [5, 5.41) is 3.43. The van der Waals surface area contributed by atoms with Gasteiger partial charge in [0.2, 0.25) is 0 Å². The van der Waals surface area contributed by atoms with E-state index < -0.39 is 20.7 Å². The summed E-state index contributed by atoms with van der Waals surface area (Å²) in [6.07, 6.45) is 3.04. The first-order chi connectivity index (χ1) is 15.2. The molecular weight excluding hydrogens is 433 g/mol. The van der Waals surface area contributed by atoms with Crippen molar-refractivity contribution in [3.63, 3.8) is 0 Å². The standard InChI is InChI=1S/C22H20FN5O3S/c1-13(2)27-22(29)15-4-3-5-16(10-15)28-32(30,31)19-7-6-14(11-18(19)23)20-17-8-9-24-21(17)26-12-25-20/h3-13,28H,1-2H3,(H,27,29)(H,24,25,26). The Morgan fingerprint density at radius 2 is 1.91 bits per heavy atom. The summed E-state index contributed by atoms with van der Waals surface area (Å²) >= 11 is 0. The summed E-state index contributed by atoms with van der Waals surface area (Å²) in [6.45, 7) is 3.64. The fourth-order valence-corrected chi connectivity index (χ4v) is 4.36. The molecule has 0 aliphatic heterocycles. The second-order valence-electron chi connectivity index (χ2n) is 7.42. The summed E-state index contributed by atoms with van der Waals surface area (Å²) in [4.78, 5) is 22.9. The summed E-state index contributed by atoms with van der Waals surface area (Å²) in [6, 6.07) is 11.5. The van der Waals surface area contributed by atoms with Gasteiger partial charge in [0.1, 0.15) is 22.7 Å². The smallest absolute Gasteiger partial charge is 0.264 e. The van der Waals surface area contributed by atoms with Crippen LogP contribution in [0.1, 0.15) is 24.2 Å². The summed E-state index contributed by atoms with van der Waals surface area (Å²) in [7, 11) is -4.24. The largest absolute Gasteiger partial charge is 0.350 e. The van der Waals surface area contributed by atoms with Gasteiger partial charge in [0.25, 0.3) is 15.9 Å². The van der Waals surface area contributed by atoms with E-state index in [9.17, 15) is 17.6 Å². The molecule has 0 spiro atoms. The Balaban J connectivity index is 1.62. The second-order valence-corrected chi connectivity index (χ2v) is 9.07. The van der Waals surface area contributed by atoms with Gasteiger partial charge in [-0.15, -0.1) is 0 Å². The molecule has 4 aromatic rings. The molecule has 0 aliphatic carbocycles. The maximum absolute atomic E-state index is 14.9. The number of rotatable bonds is 6. The lowest BCUT2D eigenvalue weighted by atomic mass is 10.1. The van der Waals surface area contributed by atoms with Crippen molar-refractivity contribution in [2.75, 3.05) is 4.72 Å². The fourth-order valence-electron chi connectivity index (χ4n) is 3.25. The number of carbonyl (C=O) groups is 1. The van der Waals surface area contributed by atoms with Crippen LogP contribution >= 0.6 is 0 Å². The molecule has 0 unspecified atom stereocenters. The van der Waals surface area contributed by atoms with Gasteiger partial charge >= 0.3 is 0 Å². The van der Waals surface area contributed by atoms with Crippen molar-refractivity contribution in [3.05, 3.63) is 72.4 Å². The van der Waals surface area contributed by atoms with Crippen LogP contribution in [0, 0.1) is 5.82 Å². The third kappa shape index (κ3) is 4.30. The zero-order chi connectivity index (χ0) is 22.9. The minimum absolute atomic E-state index is 0.0714. The van der Waals surface area contributed by atoms with Gasteiger partial charge in [-0.3, -0.25) is 9.52 Å². The Hall–Kier alpha value is -3.79. The number of hydrogen-bond acceptors (Lipinski definition) is 5. The quantitative estimate of drug-likeness (QED) is 0.412. The molecule has 0 radical (unpaired) electrons. The van der Waals surface area contributed by atoms with Crippen LogP contribution in [0.15, 0.2) is 66.0 Å². The van der Waals surface area contributed by atoms with Crippen LogP contribution in [-0.4, -0.2) is 35.3 Å². The van der Waals surface area contributed by atoms with E-state index in [2.05, 4.69) is 25.0 Å². The molecule has 0 aliphatic rings. The number of nitrogens with zero attached hydrogens (tertiary/aromatic N) is 2. The molecule has 10 heteroatoms. The van der Waals surface area contributed by atoms with E-state index in [1.54, 1.807) is 24.4 Å². The number of nitrogens with one attached hydrogen (secondary N) is 3. The van der Waals surface area contributed by atoms with E-state index in [-0.39, 0.29) is 23.2 Å². The molecule has 2 heterocycles. The van der Waals surface area contributed by atoms with E-state index in [0.29, 0.717) is 22.3 Å². The van der Waals surface area contributed by atoms with Crippen LogP contribution in [0.2, 0.25) is 0 Å². The van der Waals surface area contributed by atoms with Gasteiger partial charge in [0.05, 0.1) is 5.69 Å². The highest BCUT2D eigenvalue weighted by atomic mass is 32.2. The number of benzene rings is 2. The molecule has 0 saturated heterocycles. The molecular formula is C22H20FN5O3S. The molecule has 8 nitrogen and oxygen atoms in total. The highest BCUT2D eigenvalue weighted by Gasteiger charge is 2.21. The third-order valence-electron chi connectivity index (χ3n) is 4.65. The SMILES string of the molecule is CC(C)NC(=O)c1cccc(NS(=O)(=O)c2ccc(-c3ncnc4[nH]ccc34)cc2F)c1. The zero-order valence-electron chi connectivity index (χ0n) is 17.3. The molecule has 0 atom stereocenters. The van der Waals surface area contributed by atoms with Crippen molar-refractivity contribution in [1.82, 2.24) is 20.3 Å². The highest BCUT2D eigenvalue weighted by Crippen LogP contribution is 2.28. The van der Waals surface area contributed by atoms with Crippen LogP contribution in [-0.2, 0) is 10.0 Å². The molecule has 2 aromatic heterocycles. The van der Waals surface area contributed by atoms with Gasteiger partial charge in [-0.25, -0.2) is 22.8 Å². The minimum atomic E-state index is -4.24. The molecule has 0 saturated carbocycles. The normalized spacial score (nSPS) is 11.6. The van der Waals surface area contributed by atoms with Crippen molar-refractivity contribution in [1.29, 1.82) is 0 Å². The second kappa shape index (κ2) is 8.39. The van der Waals surface area contributed by atoms with Crippen molar-refractivity contribution in [3.8, 4) is 11.3 Å². The van der Waals surface area contributed by atoms with Gasteiger partial charge in [-0.1, -0.05) is 12.1 Å². The van der Waals surface area contributed by atoms with E-state index in [1.807, 2.05) is 13.8 Å². The van der Waals surface area contributed by atoms with Gasteiger partial charge in [0.15, 0.2) is 0 Å². The first-order valence-corrected chi connectivity index (χ1v) is 11.2. The number of hydrogen-bond donors (Lipinski definition) is 3. The van der Waals surface area contributed by atoms with Gasteiger partial charge in [-0.2, -0.15) is 0 Å². The predicted octanol–water partition coefficient (Wildman–Crippen LogP) is 3.70. The Morgan fingerprint density at radius 1 is 1.09 bits per heavy atom. The third-order valence-corrected chi connectivity index (χ3v) is 6.06. The summed E-state index contributed by atoms with van der Waals surface area (Å²) < 4.78 is 42.8. The van der Waals surface area contributed by atoms with E-state index in [4.69, 9.17) is 0 Å². The van der Waals surface area contributed by atoms with Crippen LogP contribution in [0.5, 0.6) is 0 Å². The van der Waals surface area contributed by atoms with Gasteiger partial charge in [-0.05, 0) is 50.2 Å². The van der Waals surface area contributed by atoms with Crippen molar-refractivity contribution >= 4 is 32.7 Å². The van der Waals surface area contributed by atoms with Crippen molar-refractivity contribution in [2.24, 2.45) is 0 Å². The summed E-state index contributed by atoms with van der Waals surface area (Å²) in [5.74, 6) is -1.26. The van der Waals surface area contributed by atoms with E-state index in [0.717, 1.165) is 6.07 Å². The number of H-pyrrole nitrogens is 1. The Labute approximate surface area is 184 Å². The topological polar surface area (TPSA) is 117 Å². The van der Waals surface area contributed by atoms with E-state index in [1.165, 1.54) is 30.6 Å². The molecule has 4 rings (SSSR count). The number of sulfonamides is 1. The molecule has 0 bridgehead atoms. The maximum atomic E-state index is 14.9. The van der Waals surface area contributed by atoms with Crippen LogP contribution in [0.25, 0.3) is 22.3 Å². The maximum Gasteiger partial charge on any atom is 0.264 e. The number of aromatic amines is 1. The fraction of sp³-hybridized carbons (Fsp3) is 0.136. The number of amides is 1. The first-order valence-electron chi connectivity index (χ1n) is 9.76. The zero-order valence-corrected chi connectivity index (χ0v) is 18.1. The lowest BCUT2D eigenvalue weighted by Crippen LogP contribution is -2.30. The number of aromatic nitrogens is 3. The number of carbonyl (C=O) groups excluding carboxylic acids is 1. The Morgan fingerprint density at radius 3 is 2.66 bits per heavy atom. The van der Waals surface area contributed by atoms with Crippen LogP contribution in [0.4, 0.5) is 10.1 Å². The molecule has 3 N–H and O–H groups in total. The lowest BCUT2D eigenvalue weighted by Gasteiger charge is -2.12. The molecule has 1 amide bonds. The molecule has 164 valence electrons. The van der Waals surface area contributed by atoms with Gasteiger partial charge < -0.3 is 10.3 Å². The number of anilines is 1. The minimum Gasteiger partial charge on any atom is -0.350 e. The lowest BCUT2D eigenvalue weighted by molar-refractivity contribution is 0.0943. The Kier molecular flexibility index (Phi) is 5.62. The molecule has 0 fully saturated rings. The number of halogens is 1. The predicted molar refractivity (Wildman–Crippen MR) is 119 cm³/mol. The average molecular weight is 453 g/mol. The van der Waals surface area contributed by atoms with Crippen molar-refractivity contribution < 1.29 is 17.6 Å². The number of fused-ring (bicyclic) bond motifs is 1. The van der Waals surface area contributed by atoms with Crippen LogP contribution in [0.3, 0.4) is 0 Å². The highest BCUT2D eigenvalue weighted by molar-refractivity contribution is 7.92. The van der Waals surface area contributed by atoms with Gasteiger partial charge in [0, 0.05) is 34.4 Å².